The topological polar surface area (TPSA) is 54.5 Å². The van der Waals surface area contributed by atoms with Crippen LogP contribution in [0, 0.1) is 13.8 Å². The van der Waals surface area contributed by atoms with Gasteiger partial charge in [-0.2, -0.15) is 0 Å². The second-order valence-electron chi connectivity index (χ2n) is 6.18. The van der Waals surface area contributed by atoms with E-state index in [-0.39, 0.29) is 11.7 Å². The molecule has 1 amide bonds. The Bertz CT molecular complexity index is 949. The van der Waals surface area contributed by atoms with Crippen LogP contribution in [0.2, 0.25) is 0 Å². The minimum atomic E-state index is -3.27. The second kappa shape index (κ2) is 6.77. The van der Waals surface area contributed by atoms with E-state index in [0.717, 1.165) is 15.6 Å². The molecule has 4 nitrogen and oxygen atoms in total. The largest absolute Gasteiger partial charge is 0.300 e. The molecule has 2 aromatic rings. The Morgan fingerprint density at radius 2 is 1.76 bits per heavy atom. The van der Waals surface area contributed by atoms with Gasteiger partial charge in [-0.15, -0.1) is 0 Å². The van der Waals surface area contributed by atoms with Gasteiger partial charge in [0.15, 0.2) is 9.84 Å². The van der Waals surface area contributed by atoms with Crippen LogP contribution in [0.3, 0.4) is 0 Å². The van der Waals surface area contributed by atoms with Gasteiger partial charge in [-0.05, 0) is 67.4 Å². The molecule has 130 valence electrons. The average molecular weight is 420 g/mol. The number of carbonyl (C=O) groups excluding carboxylic acids is 1. The monoisotopic (exact) mass is 419 g/mol. The quantitative estimate of drug-likeness (QED) is 0.754. The molecule has 6 heteroatoms. The lowest BCUT2D eigenvalue weighted by atomic mass is 10.0. The van der Waals surface area contributed by atoms with Crippen molar-refractivity contribution in [3.63, 3.8) is 0 Å². The maximum atomic E-state index is 13.2. The molecule has 1 atom stereocenters. The lowest BCUT2D eigenvalue weighted by Crippen LogP contribution is -2.41. The number of nitrogens with zero attached hydrogens (tertiary/aromatic N) is 1. The third-order valence-electron chi connectivity index (χ3n) is 4.32. The molecule has 0 radical (unpaired) electrons. The van der Waals surface area contributed by atoms with E-state index in [1.807, 2.05) is 50.2 Å². The average Bonchev–Trinajstić information content (AvgIpc) is 2.91. The van der Waals surface area contributed by atoms with Crippen LogP contribution in [0.1, 0.15) is 21.5 Å². The SMILES string of the molecule is Cc1ccc(C(=O)N(c2ccc(Br)cc2)[C@@H]2C=CS(=O)(=O)C2)cc1C. The summed E-state index contributed by atoms with van der Waals surface area (Å²) in [5, 5.41) is 1.19. The van der Waals surface area contributed by atoms with Crippen molar-refractivity contribution in [2.75, 3.05) is 10.7 Å². The van der Waals surface area contributed by atoms with Gasteiger partial charge in [0.2, 0.25) is 0 Å². The van der Waals surface area contributed by atoms with Crippen LogP contribution in [-0.4, -0.2) is 26.1 Å². The summed E-state index contributed by atoms with van der Waals surface area (Å²) < 4.78 is 24.6. The number of aryl methyl sites for hydroxylation is 2. The molecule has 2 aromatic carbocycles. The Labute approximate surface area is 156 Å². The lowest BCUT2D eigenvalue weighted by Gasteiger charge is -2.28. The molecule has 0 spiro atoms. The minimum absolute atomic E-state index is 0.0976. The summed E-state index contributed by atoms with van der Waals surface area (Å²) in [6.45, 7) is 3.94. The summed E-state index contributed by atoms with van der Waals surface area (Å²) in [5.41, 5.74) is 3.34. The van der Waals surface area contributed by atoms with Gasteiger partial charge >= 0.3 is 0 Å². The van der Waals surface area contributed by atoms with Crippen LogP contribution in [0.25, 0.3) is 0 Å². The van der Waals surface area contributed by atoms with Crippen LogP contribution < -0.4 is 4.90 Å². The van der Waals surface area contributed by atoms with Crippen molar-refractivity contribution in [2.24, 2.45) is 0 Å². The van der Waals surface area contributed by atoms with Crippen LogP contribution in [-0.2, 0) is 9.84 Å². The zero-order valence-corrected chi connectivity index (χ0v) is 16.3. The molecule has 0 N–H and O–H groups in total. The van der Waals surface area contributed by atoms with Gasteiger partial charge in [0.25, 0.3) is 5.91 Å². The number of amides is 1. The number of anilines is 1. The van der Waals surface area contributed by atoms with Crippen LogP contribution in [0.15, 0.2) is 58.4 Å². The van der Waals surface area contributed by atoms with E-state index >= 15 is 0 Å². The van der Waals surface area contributed by atoms with Gasteiger partial charge in [0.05, 0.1) is 11.8 Å². The molecule has 0 saturated heterocycles. The predicted octanol–water partition coefficient (Wildman–Crippen LogP) is 4.02. The highest BCUT2D eigenvalue weighted by Gasteiger charge is 2.32. The molecule has 0 unspecified atom stereocenters. The lowest BCUT2D eigenvalue weighted by molar-refractivity contribution is 0.0983. The smallest absolute Gasteiger partial charge is 0.258 e. The maximum absolute atomic E-state index is 13.2. The van der Waals surface area contributed by atoms with Gasteiger partial charge in [0, 0.05) is 21.1 Å². The molecule has 0 aromatic heterocycles. The van der Waals surface area contributed by atoms with Crippen molar-refractivity contribution in [1.29, 1.82) is 0 Å². The summed E-state index contributed by atoms with van der Waals surface area (Å²) in [5.74, 6) is -0.309. The van der Waals surface area contributed by atoms with Crippen molar-refractivity contribution >= 4 is 37.4 Å². The summed E-state index contributed by atoms with van der Waals surface area (Å²) in [6.07, 6.45) is 1.58. The van der Waals surface area contributed by atoms with Crippen molar-refractivity contribution < 1.29 is 13.2 Å². The first-order valence-corrected chi connectivity index (χ1v) is 10.3. The van der Waals surface area contributed by atoms with Gasteiger partial charge in [-0.3, -0.25) is 4.79 Å². The fourth-order valence-corrected chi connectivity index (χ4v) is 4.33. The molecule has 0 bridgehead atoms. The molecule has 1 heterocycles. The van der Waals surface area contributed by atoms with Gasteiger partial charge in [0.1, 0.15) is 0 Å². The highest BCUT2D eigenvalue weighted by molar-refractivity contribution is 9.10. The molecule has 0 saturated carbocycles. The Morgan fingerprint density at radius 1 is 1.08 bits per heavy atom. The molecular formula is C19H18BrNO3S. The highest BCUT2D eigenvalue weighted by Crippen LogP contribution is 2.27. The van der Waals surface area contributed by atoms with Gasteiger partial charge in [-0.1, -0.05) is 22.0 Å². The first kappa shape index (κ1) is 17.9. The van der Waals surface area contributed by atoms with E-state index in [1.165, 1.54) is 5.41 Å². The maximum Gasteiger partial charge on any atom is 0.258 e. The van der Waals surface area contributed by atoms with Crippen molar-refractivity contribution in [3.8, 4) is 0 Å². The highest BCUT2D eigenvalue weighted by atomic mass is 79.9. The molecule has 0 aliphatic carbocycles. The van der Waals surface area contributed by atoms with Crippen molar-refractivity contribution in [3.05, 3.63) is 75.1 Å². The first-order valence-electron chi connectivity index (χ1n) is 7.84. The molecule has 25 heavy (non-hydrogen) atoms. The molecular weight excluding hydrogens is 402 g/mol. The molecule has 1 aliphatic rings. The number of carbonyl (C=O) groups is 1. The molecule has 0 fully saturated rings. The fourth-order valence-electron chi connectivity index (χ4n) is 2.79. The Hall–Kier alpha value is -1.92. The molecule has 3 rings (SSSR count). The van der Waals surface area contributed by atoms with E-state index in [1.54, 1.807) is 17.0 Å². The van der Waals surface area contributed by atoms with Crippen LogP contribution in [0.5, 0.6) is 0 Å². The zero-order valence-electron chi connectivity index (χ0n) is 13.9. The summed E-state index contributed by atoms with van der Waals surface area (Å²) in [6, 6.07) is 12.3. The summed E-state index contributed by atoms with van der Waals surface area (Å²) in [7, 11) is -3.27. The molecule has 1 aliphatic heterocycles. The van der Waals surface area contributed by atoms with E-state index in [2.05, 4.69) is 15.9 Å². The second-order valence-corrected chi connectivity index (χ2v) is 9.02. The van der Waals surface area contributed by atoms with Crippen molar-refractivity contribution in [1.82, 2.24) is 0 Å². The summed E-state index contributed by atoms with van der Waals surface area (Å²) >= 11 is 3.38. The van der Waals surface area contributed by atoms with E-state index in [4.69, 9.17) is 0 Å². The van der Waals surface area contributed by atoms with Crippen molar-refractivity contribution in [2.45, 2.75) is 19.9 Å². The first-order chi connectivity index (χ1) is 11.8. The number of halogens is 1. The Kier molecular flexibility index (Phi) is 4.84. The van der Waals surface area contributed by atoms with Gasteiger partial charge < -0.3 is 4.90 Å². The third-order valence-corrected chi connectivity index (χ3v) is 6.23. The fraction of sp³-hybridized carbons (Fsp3) is 0.211. The number of hydrogen-bond acceptors (Lipinski definition) is 3. The number of benzene rings is 2. The third kappa shape index (κ3) is 3.85. The van der Waals surface area contributed by atoms with E-state index in [0.29, 0.717) is 11.3 Å². The van der Waals surface area contributed by atoms with Crippen LogP contribution in [0.4, 0.5) is 5.69 Å². The Balaban J connectivity index is 2.04. The van der Waals surface area contributed by atoms with E-state index in [9.17, 15) is 13.2 Å². The zero-order chi connectivity index (χ0) is 18.2. The Morgan fingerprint density at radius 3 is 2.32 bits per heavy atom. The predicted molar refractivity (Wildman–Crippen MR) is 104 cm³/mol. The van der Waals surface area contributed by atoms with Gasteiger partial charge in [-0.25, -0.2) is 8.42 Å². The van der Waals surface area contributed by atoms with Crippen LogP contribution >= 0.6 is 15.9 Å². The van der Waals surface area contributed by atoms with E-state index < -0.39 is 15.9 Å². The normalized spacial score (nSPS) is 18.3. The minimum Gasteiger partial charge on any atom is -0.300 e. The number of hydrogen-bond donors (Lipinski definition) is 0. The summed E-state index contributed by atoms with van der Waals surface area (Å²) in [4.78, 5) is 14.7. The number of sulfone groups is 1. The number of rotatable bonds is 3. The standard InChI is InChI=1S/C19H18BrNO3S/c1-13-3-4-15(11-14(13)2)19(22)21(17-7-5-16(20)6-8-17)18-9-10-25(23,24)12-18/h3-11,18H,12H2,1-2H3/t18-/m1/s1.